The smallest absolute Gasteiger partial charge is 0.135 e. The molecule has 0 aliphatic rings. The summed E-state index contributed by atoms with van der Waals surface area (Å²) >= 11 is 5.71. The summed E-state index contributed by atoms with van der Waals surface area (Å²) in [6.07, 6.45) is 4.81. The molecule has 0 saturated carbocycles. The molecule has 5 heteroatoms. The molecule has 14 heavy (non-hydrogen) atoms. The summed E-state index contributed by atoms with van der Waals surface area (Å²) in [6, 6.07) is 5.34. The first-order valence-electron chi connectivity index (χ1n) is 3.99. The van der Waals surface area contributed by atoms with E-state index in [1.807, 2.05) is 12.1 Å². The molecule has 70 valence electrons. The molecular weight excluding hydrogens is 200 g/mol. The second-order valence-electron chi connectivity index (χ2n) is 2.59. The highest BCUT2D eigenvalue weighted by Gasteiger charge is 1.96. The number of halogens is 1. The molecule has 0 bridgehead atoms. The van der Waals surface area contributed by atoms with Crippen molar-refractivity contribution in [1.82, 2.24) is 15.0 Å². The highest BCUT2D eigenvalue weighted by molar-refractivity contribution is 6.29. The second-order valence-corrected chi connectivity index (χ2v) is 2.97. The maximum Gasteiger partial charge on any atom is 0.135 e. The zero-order chi connectivity index (χ0) is 9.80. The van der Waals surface area contributed by atoms with Gasteiger partial charge in [-0.2, -0.15) is 0 Å². The van der Waals surface area contributed by atoms with E-state index in [4.69, 9.17) is 11.6 Å². The minimum atomic E-state index is 0.413. The van der Waals surface area contributed by atoms with Gasteiger partial charge in [0, 0.05) is 24.1 Å². The highest BCUT2D eigenvalue weighted by Crippen LogP contribution is 2.14. The Balaban J connectivity index is 2.19. The third-order valence-electron chi connectivity index (χ3n) is 1.59. The molecule has 0 spiro atoms. The van der Waals surface area contributed by atoms with Gasteiger partial charge in [0.1, 0.15) is 17.3 Å². The molecular formula is C9H7ClN4. The van der Waals surface area contributed by atoms with Crippen molar-refractivity contribution < 1.29 is 0 Å². The van der Waals surface area contributed by atoms with Crippen molar-refractivity contribution in [3.05, 3.63) is 42.1 Å². The molecule has 0 aliphatic heterocycles. The average Bonchev–Trinajstić information content (AvgIpc) is 2.19. The fourth-order valence-electron chi connectivity index (χ4n) is 0.985. The van der Waals surface area contributed by atoms with E-state index in [0.717, 1.165) is 5.69 Å². The number of anilines is 2. The minimum Gasteiger partial charge on any atom is -0.340 e. The molecule has 0 fully saturated rings. The summed E-state index contributed by atoms with van der Waals surface area (Å²) in [5.41, 5.74) is 0.912. The van der Waals surface area contributed by atoms with Crippen molar-refractivity contribution in [3.63, 3.8) is 0 Å². The molecule has 0 radical (unpaired) electrons. The van der Waals surface area contributed by atoms with Gasteiger partial charge in [-0.05, 0) is 12.1 Å². The summed E-state index contributed by atoms with van der Waals surface area (Å²) in [6.45, 7) is 0. The first-order valence-corrected chi connectivity index (χ1v) is 4.37. The zero-order valence-electron chi connectivity index (χ0n) is 7.18. The number of nitrogens with one attached hydrogen (secondary N) is 1. The zero-order valence-corrected chi connectivity index (χ0v) is 7.94. The maximum absolute atomic E-state index is 5.71. The van der Waals surface area contributed by atoms with Crippen LogP contribution < -0.4 is 5.32 Å². The lowest BCUT2D eigenvalue weighted by Gasteiger charge is -2.03. The van der Waals surface area contributed by atoms with Gasteiger partial charge in [0.05, 0.1) is 0 Å². The van der Waals surface area contributed by atoms with Gasteiger partial charge < -0.3 is 5.32 Å². The van der Waals surface area contributed by atoms with Crippen LogP contribution >= 0.6 is 11.6 Å². The van der Waals surface area contributed by atoms with Gasteiger partial charge in [0.15, 0.2) is 0 Å². The Hall–Kier alpha value is -1.68. The van der Waals surface area contributed by atoms with Crippen LogP contribution in [0.15, 0.2) is 36.9 Å². The lowest BCUT2D eigenvalue weighted by atomic mass is 10.4. The van der Waals surface area contributed by atoms with Gasteiger partial charge in [0.25, 0.3) is 0 Å². The van der Waals surface area contributed by atoms with E-state index < -0.39 is 0 Å². The Kier molecular flexibility index (Phi) is 2.55. The van der Waals surface area contributed by atoms with E-state index in [1.165, 1.54) is 6.33 Å². The summed E-state index contributed by atoms with van der Waals surface area (Å²) in [5.74, 6) is 0.663. The van der Waals surface area contributed by atoms with Crippen LogP contribution in [0, 0.1) is 0 Å². The second kappa shape index (κ2) is 4.02. The van der Waals surface area contributed by atoms with Crippen molar-refractivity contribution in [2.24, 2.45) is 0 Å². The lowest BCUT2D eigenvalue weighted by Crippen LogP contribution is -1.93. The van der Waals surface area contributed by atoms with E-state index in [1.54, 1.807) is 18.5 Å². The van der Waals surface area contributed by atoms with Gasteiger partial charge in [-0.25, -0.2) is 9.97 Å². The Morgan fingerprint density at radius 2 is 1.93 bits per heavy atom. The van der Waals surface area contributed by atoms with Gasteiger partial charge in [0.2, 0.25) is 0 Å². The van der Waals surface area contributed by atoms with Gasteiger partial charge in [-0.3, -0.25) is 4.98 Å². The third kappa shape index (κ3) is 2.17. The summed E-state index contributed by atoms with van der Waals surface area (Å²) < 4.78 is 0. The fraction of sp³-hybridized carbons (Fsp3) is 0. The maximum atomic E-state index is 5.71. The summed E-state index contributed by atoms with van der Waals surface area (Å²) in [7, 11) is 0. The topological polar surface area (TPSA) is 50.7 Å². The van der Waals surface area contributed by atoms with E-state index in [9.17, 15) is 0 Å². The van der Waals surface area contributed by atoms with E-state index in [0.29, 0.717) is 11.0 Å². The highest BCUT2D eigenvalue weighted by atomic mass is 35.5. The monoisotopic (exact) mass is 206 g/mol. The number of hydrogen-bond acceptors (Lipinski definition) is 4. The summed E-state index contributed by atoms with van der Waals surface area (Å²) in [5, 5.41) is 3.48. The number of nitrogens with zero attached hydrogens (tertiary/aromatic N) is 3. The van der Waals surface area contributed by atoms with E-state index in [2.05, 4.69) is 20.3 Å². The number of aromatic nitrogens is 3. The predicted molar refractivity (Wildman–Crippen MR) is 54.6 cm³/mol. The van der Waals surface area contributed by atoms with Gasteiger partial charge >= 0.3 is 0 Å². The standard InChI is InChI=1S/C9H7ClN4/c10-8-5-9(13-6-12-8)14-7-1-3-11-4-2-7/h1-6H,(H,11,12,13,14). The molecule has 1 N–H and O–H groups in total. The average molecular weight is 207 g/mol. The van der Waals surface area contributed by atoms with Gasteiger partial charge in [-0.15, -0.1) is 0 Å². The fourth-order valence-corrected chi connectivity index (χ4v) is 1.13. The molecule has 2 aromatic rings. The van der Waals surface area contributed by atoms with Crippen molar-refractivity contribution in [2.45, 2.75) is 0 Å². The number of hydrogen-bond donors (Lipinski definition) is 1. The molecule has 0 amide bonds. The number of rotatable bonds is 2. The van der Waals surface area contributed by atoms with Crippen LogP contribution in [0.3, 0.4) is 0 Å². The first kappa shape index (κ1) is 8.90. The van der Waals surface area contributed by atoms with Crippen LogP contribution in [0.1, 0.15) is 0 Å². The minimum absolute atomic E-state index is 0.413. The molecule has 0 unspecified atom stereocenters. The predicted octanol–water partition coefficient (Wildman–Crippen LogP) is 2.27. The molecule has 0 atom stereocenters. The molecule has 2 rings (SSSR count). The molecule has 4 nitrogen and oxygen atoms in total. The van der Waals surface area contributed by atoms with E-state index in [-0.39, 0.29) is 0 Å². The van der Waals surface area contributed by atoms with Gasteiger partial charge in [-0.1, -0.05) is 11.6 Å². The van der Waals surface area contributed by atoms with Crippen LogP contribution in [0.5, 0.6) is 0 Å². The lowest BCUT2D eigenvalue weighted by molar-refractivity contribution is 1.17. The van der Waals surface area contributed by atoms with Crippen molar-refractivity contribution in [3.8, 4) is 0 Å². The van der Waals surface area contributed by atoms with Crippen molar-refractivity contribution in [1.29, 1.82) is 0 Å². The van der Waals surface area contributed by atoms with E-state index >= 15 is 0 Å². The Labute approximate surface area is 86.0 Å². The Morgan fingerprint density at radius 1 is 1.14 bits per heavy atom. The molecule has 2 heterocycles. The Bertz CT molecular complexity index is 418. The first-order chi connectivity index (χ1) is 6.84. The molecule has 0 aromatic carbocycles. The van der Waals surface area contributed by atoms with Crippen LogP contribution in [-0.4, -0.2) is 15.0 Å². The third-order valence-corrected chi connectivity index (χ3v) is 1.79. The quantitative estimate of drug-likeness (QED) is 0.766. The van der Waals surface area contributed by atoms with Crippen LogP contribution in [-0.2, 0) is 0 Å². The normalized spacial score (nSPS) is 9.79. The largest absolute Gasteiger partial charge is 0.340 e. The number of pyridine rings is 1. The SMILES string of the molecule is Clc1cc(Nc2ccncc2)ncn1. The van der Waals surface area contributed by atoms with Crippen LogP contribution in [0.4, 0.5) is 11.5 Å². The summed E-state index contributed by atoms with van der Waals surface area (Å²) in [4.78, 5) is 11.7. The van der Waals surface area contributed by atoms with Crippen molar-refractivity contribution in [2.75, 3.05) is 5.32 Å². The molecule has 0 aliphatic carbocycles. The van der Waals surface area contributed by atoms with Crippen LogP contribution in [0.2, 0.25) is 5.15 Å². The molecule has 0 saturated heterocycles. The molecule has 2 aromatic heterocycles. The Morgan fingerprint density at radius 3 is 2.64 bits per heavy atom. The van der Waals surface area contributed by atoms with Crippen molar-refractivity contribution >= 4 is 23.1 Å². The van der Waals surface area contributed by atoms with Crippen LogP contribution in [0.25, 0.3) is 0 Å².